The van der Waals surface area contributed by atoms with Crippen LogP contribution in [0.15, 0.2) is 33.9 Å². The van der Waals surface area contributed by atoms with Crippen LogP contribution < -0.4 is 10.1 Å². The Hall–Kier alpha value is -2.59. The van der Waals surface area contributed by atoms with E-state index in [9.17, 15) is 14.4 Å². The first-order valence-electron chi connectivity index (χ1n) is 9.94. The molecule has 1 aromatic heterocycles. The van der Waals surface area contributed by atoms with E-state index < -0.39 is 11.4 Å². The molecule has 2 aromatic rings. The van der Waals surface area contributed by atoms with Gasteiger partial charge in [-0.25, -0.2) is 0 Å². The van der Waals surface area contributed by atoms with E-state index in [0.29, 0.717) is 23.6 Å². The first kappa shape index (κ1) is 21.6. The molecule has 1 saturated carbocycles. The standard InChI is InChI=1S/C20H21ClN4O5S/c21-13-4-6-14(7-5-13)29-11-16-23-24-19(30-16)31-12-17(27)25-10-15(26)22-18(28)20(25)8-2-1-3-9-20/h4-7H,1-3,8-12H2,(H,22,26,28). The van der Waals surface area contributed by atoms with E-state index >= 15 is 0 Å². The Kier molecular flexibility index (Phi) is 6.47. The summed E-state index contributed by atoms with van der Waals surface area (Å²) in [5.41, 5.74) is -0.934. The van der Waals surface area contributed by atoms with Crippen molar-refractivity contribution in [3.8, 4) is 5.75 Å². The highest BCUT2D eigenvalue weighted by Crippen LogP contribution is 2.36. The zero-order chi connectivity index (χ0) is 21.8. The number of halogens is 1. The number of carbonyl (C=O) groups excluding carboxylic acids is 3. The normalized spacial score (nSPS) is 18.2. The fraction of sp³-hybridized carbons (Fsp3) is 0.450. The van der Waals surface area contributed by atoms with Crippen molar-refractivity contribution in [2.45, 2.75) is 49.5 Å². The number of amides is 3. The second-order valence-corrected chi connectivity index (χ2v) is 8.81. The lowest BCUT2D eigenvalue weighted by atomic mass is 9.78. The summed E-state index contributed by atoms with van der Waals surface area (Å²) in [7, 11) is 0. The fourth-order valence-electron chi connectivity index (χ4n) is 3.89. The summed E-state index contributed by atoms with van der Waals surface area (Å²) in [6, 6.07) is 6.87. The third-order valence-electron chi connectivity index (χ3n) is 5.42. The number of hydrogen-bond acceptors (Lipinski definition) is 8. The lowest BCUT2D eigenvalue weighted by molar-refractivity contribution is -0.158. The number of nitrogens with zero attached hydrogens (tertiary/aromatic N) is 3. The predicted octanol–water partition coefficient (Wildman–Crippen LogP) is 2.58. The van der Waals surface area contributed by atoms with Crippen LogP contribution >= 0.6 is 23.4 Å². The van der Waals surface area contributed by atoms with Gasteiger partial charge in [0.1, 0.15) is 17.8 Å². The zero-order valence-corrected chi connectivity index (χ0v) is 18.2. The van der Waals surface area contributed by atoms with Crippen molar-refractivity contribution in [2.75, 3.05) is 12.3 Å². The van der Waals surface area contributed by atoms with Crippen LogP contribution in [0, 0.1) is 0 Å². The number of nitrogens with one attached hydrogen (secondary N) is 1. The third-order valence-corrected chi connectivity index (χ3v) is 6.47. The molecule has 1 saturated heterocycles. The summed E-state index contributed by atoms with van der Waals surface area (Å²) >= 11 is 6.91. The van der Waals surface area contributed by atoms with Crippen molar-refractivity contribution in [1.29, 1.82) is 0 Å². The second-order valence-electron chi connectivity index (χ2n) is 7.44. The summed E-state index contributed by atoms with van der Waals surface area (Å²) < 4.78 is 11.1. The highest BCUT2D eigenvalue weighted by atomic mass is 35.5. The molecule has 1 aliphatic carbocycles. The van der Waals surface area contributed by atoms with E-state index in [4.69, 9.17) is 20.8 Å². The Morgan fingerprint density at radius 1 is 1.19 bits per heavy atom. The van der Waals surface area contributed by atoms with E-state index in [1.54, 1.807) is 24.3 Å². The number of benzene rings is 1. The maximum Gasteiger partial charge on any atom is 0.277 e. The monoisotopic (exact) mass is 464 g/mol. The Balaban J connectivity index is 1.35. The molecule has 0 atom stereocenters. The highest BCUT2D eigenvalue weighted by molar-refractivity contribution is 7.99. The summed E-state index contributed by atoms with van der Waals surface area (Å²) in [5, 5.41) is 11.1. The van der Waals surface area contributed by atoms with Crippen LogP contribution in [0.3, 0.4) is 0 Å². The number of thioether (sulfide) groups is 1. The SMILES string of the molecule is O=C1CN(C(=O)CSc2nnc(COc3ccc(Cl)cc3)o2)C2(CCCCC2)C(=O)N1. The fourth-order valence-corrected chi connectivity index (χ4v) is 4.68. The van der Waals surface area contributed by atoms with Crippen molar-refractivity contribution >= 4 is 41.1 Å². The molecular formula is C20H21ClN4O5S. The number of rotatable bonds is 6. The van der Waals surface area contributed by atoms with Crippen LogP contribution in [0.25, 0.3) is 0 Å². The van der Waals surface area contributed by atoms with Crippen LogP contribution in [-0.4, -0.2) is 50.7 Å². The van der Waals surface area contributed by atoms with Gasteiger partial charge >= 0.3 is 0 Å². The molecule has 164 valence electrons. The highest BCUT2D eigenvalue weighted by Gasteiger charge is 2.50. The smallest absolute Gasteiger partial charge is 0.277 e. The van der Waals surface area contributed by atoms with Crippen molar-refractivity contribution in [3.63, 3.8) is 0 Å². The average molecular weight is 465 g/mol. The number of ether oxygens (including phenoxy) is 1. The van der Waals surface area contributed by atoms with Gasteiger partial charge < -0.3 is 14.1 Å². The van der Waals surface area contributed by atoms with Crippen LogP contribution in [0.1, 0.15) is 38.0 Å². The predicted molar refractivity (Wildman–Crippen MR) is 111 cm³/mol. The van der Waals surface area contributed by atoms with Crippen LogP contribution in [0.5, 0.6) is 5.75 Å². The summed E-state index contributed by atoms with van der Waals surface area (Å²) in [5.74, 6) is -0.270. The van der Waals surface area contributed by atoms with Gasteiger partial charge in [0.25, 0.3) is 17.0 Å². The molecule has 31 heavy (non-hydrogen) atoms. The Bertz CT molecular complexity index is 974. The molecule has 0 radical (unpaired) electrons. The summed E-state index contributed by atoms with van der Waals surface area (Å²) in [6.07, 6.45) is 3.84. The minimum Gasteiger partial charge on any atom is -0.484 e. The lowest BCUT2D eigenvalue weighted by Crippen LogP contribution is -2.69. The quantitative estimate of drug-likeness (QED) is 0.512. The van der Waals surface area contributed by atoms with Crippen molar-refractivity contribution in [2.24, 2.45) is 0 Å². The van der Waals surface area contributed by atoms with Crippen molar-refractivity contribution in [1.82, 2.24) is 20.4 Å². The summed E-state index contributed by atoms with van der Waals surface area (Å²) in [4.78, 5) is 38.9. The van der Waals surface area contributed by atoms with E-state index in [1.165, 1.54) is 4.90 Å². The maximum absolute atomic E-state index is 12.9. The van der Waals surface area contributed by atoms with Gasteiger partial charge in [0.15, 0.2) is 6.61 Å². The van der Waals surface area contributed by atoms with Gasteiger partial charge in [0.2, 0.25) is 11.8 Å². The van der Waals surface area contributed by atoms with Gasteiger partial charge in [-0.3, -0.25) is 19.7 Å². The molecule has 2 heterocycles. The molecule has 1 aliphatic heterocycles. The number of aromatic nitrogens is 2. The molecule has 1 spiro atoms. The lowest BCUT2D eigenvalue weighted by Gasteiger charge is -2.47. The first-order chi connectivity index (χ1) is 15.0. The van der Waals surface area contributed by atoms with Crippen molar-refractivity contribution in [3.05, 3.63) is 35.2 Å². The first-order valence-corrected chi connectivity index (χ1v) is 11.3. The van der Waals surface area contributed by atoms with Gasteiger partial charge in [-0.2, -0.15) is 0 Å². The third kappa shape index (κ3) is 4.85. The minimum atomic E-state index is -0.934. The molecular weight excluding hydrogens is 444 g/mol. The topological polar surface area (TPSA) is 115 Å². The molecule has 2 aliphatic rings. The minimum absolute atomic E-state index is 0.0119. The molecule has 9 nitrogen and oxygen atoms in total. The number of imide groups is 1. The number of piperazine rings is 1. The number of carbonyl (C=O) groups is 3. The average Bonchev–Trinajstić information content (AvgIpc) is 3.23. The Morgan fingerprint density at radius 2 is 1.94 bits per heavy atom. The van der Waals surface area contributed by atoms with Gasteiger partial charge in [-0.1, -0.05) is 42.6 Å². The summed E-state index contributed by atoms with van der Waals surface area (Å²) in [6.45, 7) is -0.0395. The van der Waals surface area contributed by atoms with Gasteiger partial charge in [0, 0.05) is 5.02 Å². The largest absolute Gasteiger partial charge is 0.484 e. The Labute approximate surface area is 187 Å². The van der Waals surface area contributed by atoms with E-state index in [-0.39, 0.29) is 41.8 Å². The second kappa shape index (κ2) is 9.27. The van der Waals surface area contributed by atoms with Gasteiger partial charge in [0.05, 0.1) is 5.75 Å². The molecule has 1 N–H and O–H groups in total. The molecule has 2 fully saturated rings. The molecule has 4 rings (SSSR count). The van der Waals surface area contributed by atoms with E-state index in [0.717, 1.165) is 31.0 Å². The Morgan fingerprint density at radius 3 is 2.68 bits per heavy atom. The molecule has 1 aromatic carbocycles. The van der Waals surface area contributed by atoms with Gasteiger partial charge in [-0.05, 0) is 37.1 Å². The van der Waals surface area contributed by atoms with Gasteiger partial charge in [-0.15, -0.1) is 10.2 Å². The molecule has 0 unspecified atom stereocenters. The van der Waals surface area contributed by atoms with Crippen LogP contribution in [-0.2, 0) is 21.0 Å². The van der Waals surface area contributed by atoms with Crippen LogP contribution in [0.4, 0.5) is 0 Å². The van der Waals surface area contributed by atoms with Crippen molar-refractivity contribution < 1.29 is 23.5 Å². The zero-order valence-electron chi connectivity index (χ0n) is 16.6. The molecule has 3 amide bonds. The molecule has 11 heteroatoms. The van der Waals surface area contributed by atoms with E-state index in [1.807, 2.05) is 0 Å². The molecule has 0 bridgehead atoms. The maximum atomic E-state index is 12.9. The van der Waals surface area contributed by atoms with E-state index in [2.05, 4.69) is 15.5 Å². The van der Waals surface area contributed by atoms with Crippen LogP contribution in [0.2, 0.25) is 5.02 Å². The number of hydrogen-bond donors (Lipinski definition) is 1.